The van der Waals surface area contributed by atoms with Crippen molar-refractivity contribution in [3.8, 4) is 0 Å². The Morgan fingerprint density at radius 2 is 1.65 bits per heavy atom. The first-order valence-electron chi connectivity index (χ1n) is 7.05. The third-order valence-electron chi connectivity index (χ3n) is 4.23. The Bertz CT molecular complexity index is 530. The summed E-state index contributed by atoms with van der Waals surface area (Å²) in [5.41, 5.74) is 2.46. The van der Waals surface area contributed by atoms with E-state index in [1.165, 1.54) is 11.8 Å². The van der Waals surface area contributed by atoms with Crippen molar-refractivity contribution in [3.63, 3.8) is 0 Å². The molecule has 0 spiro atoms. The van der Waals surface area contributed by atoms with E-state index in [2.05, 4.69) is 43.4 Å². The zero-order valence-electron chi connectivity index (χ0n) is 13.4. The van der Waals surface area contributed by atoms with Gasteiger partial charge in [-0.3, -0.25) is 0 Å². The highest BCUT2D eigenvalue weighted by Crippen LogP contribution is 2.24. The summed E-state index contributed by atoms with van der Waals surface area (Å²) in [4.78, 5) is 0. The van der Waals surface area contributed by atoms with Crippen LogP contribution in [0, 0.1) is 0 Å². The van der Waals surface area contributed by atoms with Crippen molar-refractivity contribution in [3.05, 3.63) is 35.4 Å². The van der Waals surface area contributed by atoms with Gasteiger partial charge in [0.15, 0.2) is 9.84 Å². The van der Waals surface area contributed by atoms with Gasteiger partial charge in [0.2, 0.25) is 0 Å². The highest BCUT2D eigenvalue weighted by Gasteiger charge is 2.38. The van der Waals surface area contributed by atoms with E-state index >= 15 is 0 Å². The second-order valence-electron chi connectivity index (χ2n) is 6.32. The molecule has 3 nitrogen and oxygen atoms in total. The van der Waals surface area contributed by atoms with Crippen molar-refractivity contribution in [2.24, 2.45) is 0 Å². The Kier molecular flexibility index (Phi) is 5.39. The van der Waals surface area contributed by atoms with Crippen LogP contribution in [-0.4, -0.2) is 32.5 Å². The lowest BCUT2D eigenvalue weighted by Crippen LogP contribution is -2.51. The van der Waals surface area contributed by atoms with Gasteiger partial charge in [0.25, 0.3) is 0 Å². The zero-order chi connectivity index (χ0) is 15.6. The first-order chi connectivity index (χ1) is 9.09. The largest absolute Gasteiger partial charge is 0.315 e. The summed E-state index contributed by atoms with van der Waals surface area (Å²) < 4.78 is 23.1. The molecule has 1 aromatic rings. The quantitative estimate of drug-likeness (QED) is 0.878. The molecule has 0 amide bonds. The molecular formula is C16H27NO2S. The van der Waals surface area contributed by atoms with Crippen molar-refractivity contribution in [1.82, 2.24) is 5.32 Å². The molecule has 0 heterocycles. The molecule has 0 radical (unpaired) electrons. The molecule has 0 aliphatic rings. The normalized spacial score (nSPS) is 14.6. The summed E-state index contributed by atoms with van der Waals surface area (Å²) in [7, 11) is -1.30. The molecule has 1 atom stereocenters. The van der Waals surface area contributed by atoms with Crippen molar-refractivity contribution in [2.75, 3.05) is 13.3 Å². The standard InChI is InChI=1S/C16H27NO2S/c1-12(2)14-9-7-13(8-10-14)11-15(17-5)16(3,4)20(6,18)19/h7-10,12,15,17H,11H2,1-6H3. The SMILES string of the molecule is CNC(Cc1ccc(C(C)C)cc1)C(C)(C)S(C)(=O)=O. The fourth-order valence-corrected chi connectivity index (χ4v) is 2.95. The van der Waals surface area contributed by atoms with Crippen LogP contribution >= 0.6 is 0 Å². The predicted molar refractivity (Wildman–Crippen MR) is 86.0 cm³/mol. The minimum Gasteiger partial charge on any atom is -0.315 e. The summed E-state index contributed by atoms with van der Waals surface area (Å²) in [6, 6.07) is 8.33. The zero-order valence-corrected chi connectivity index (χ0v) is 14.2. The third kappa shape index (κ3) is 3.83. The van der Waals surface area contributed by atoms with E-state index in [9.17, 15) is 8.42 Å². The molecule has 1 unspecified atom stereocenters. The highest BCUT2D eigenvalue weighted by atomic mass is 32.2. The molecule has 0 fully saturated rings. The van der Waals surface area contributed by atoms with Crippen molar-refractivity contribution in [2.45, 2.75) is 50.8 Å². The maximum atomic E-state index is 11.9. The Balaban J connectivity index is 2.94. The molecule has 1 rings (SSSR count). The van der Waals surface area contributed by atoms with Crippen LogP contribution in [0.2, 0.25) is 0 Å². The van der Waals surface area contributed by atoms with Crippen LogP contribution in [0.3, 0.4) is 0 Å². The van der Waals surface area contributed by atoms with Crippen LogP contribution in [0.5, 0.6) is 0 Å². The smallest absolute Gasteiger partial charge is 0.154 e. The fourth-order valence-electron chi connectivity index (χ4n) is 2.23. The minimum absolute atomic E-state index is 0.109. The highest BCUT2D eigenvalue weighted by molar-refractivity contribution is 7.92. The fraction of sp³-hybridized carbons (Fsp3) is 0.625. The van der Waals surface area contributed by atoms with E-state index in [-0.39, 0.29) is 6.04 Å². The molecule has 0 bridgehead atoms. The van der Waals surface area contributed by atoms with Crippen molar-refractivity contribution in [1.29, 1.82) is 0 Å². The van der Waals surface area contributed by atoms with Gasteiger partial charge < -0.3 is 5.32 Å². The van der Waals surface area contributed by atoms with Crippen molar-refractivity contribution < 1.29 is 8.42 Å². The molecule has 20 heavy (non-hydrogen) atoms. The molecule has 1 N–H and O–H groups in total. The molecule has 0 aromatic heterocycles. The van der Waals surface area contributed by atoms with Crippen LogP contribution in [0.4, 0.5) is 0 Å². The number of nitrogens with one attached hydrogen (secondary N) is 1. The average molecular weight is 297 g/mol. The second-order valence-corrected chi connectivity index (χ2v) is 8.91. The number of hydrogen-bond donors (Lipinski definition) is 1. The van der Waals surface area contributed by atoms with Crippen LogP contribution in [0.1, 0.15) is 44.7 Å². The van der Waals surface area contributed by atoms with E-state index in [4.69, 9.17) is 0 Å². The lowest BCUT2D eigenvalue weighted by molar-refractivity contribution is 0.430. The van der Waals surface area contributed by atoms with Gasteiger partial charge in [-0.05, 0) is 44.4 Å². The second kappa shape index (κ2) is 6.27. The molecule has 0 saturated carbocycles. The number of benzene rings is 1. The molecule has 1 aromatic carbocycles. The van der Waals surface area contributed by atoms with E-state index in [0.29, 0.717) is 12.3 Å². The molecule has 0 aliphatic carbocycles. The lowest BCUT2D eigenvalue weighted by atomic mass is 9.94. The van der Waals surface area contributed by atoms with Gasteiger partial charge in [-0.15, -0.1) is 0 Å². The van der Waals surface area contributed by atoms with E-state index < -0.39 is 14.6 Å². The average Bonchev–Trinajstić information content (AvgIpc) is 2.34. The monoisotopic (exact) mass is 297 g/mol. The van der Waals surface area contributed by atoms with Gasteiger partial charge in [0, 0.05) is 12.3 Å². The number of likely N-dealkylation sites (N-methyl/N-ethyl adjacent to an activating group) is 1. The van der Waals surface area contributed by atoms with Crippen LogP contribution in [-0.2, 0) is 16.3 Å². The summed E-state index contributed by atoms with van der Waals surface area (Å²) in [5.74, 6) is 0.511. The van der Waals surface area contributed by atoms with Gasteiger partial charge in [0.1, 0.15) is 0 Å². The number of rotatable bonds is 6. The van der Waals surface area contributed by atoms with Gasteiger partial charge >= 0.3 is 0 Å². The Morgan fingerprint density at radius 1 is 1.15 bits per heavy atom. The Labute approximate surface area is 123 Å². The Morgan fingerprint density at radius 3 is 2.00 bits per heavy atom. The first kappa shape index (κ1) is 17.2. The summed E-state index contributed by atoms with van der Waals surface area (Å²) >= 11 is 0. The third-order valence-corrected chi connectivity index (χ3v) is 6.43. The Hall–Kier alpha value is -0.870. The maximum Gasteiger partial charge on any atom is 0.154 e. The first-order valence-corrected chi connectivity index (χ1v) is 8.94. The van der Waals surface area contributed by atoms with Crippen LogP contribution in [0.15, 0.2) is 24.3 Å². The number of hydrogen-bond acceptors (Lipinski definition) is 3. The van der Waals surface area contributed by atoms with E-state index in [1.807, 2.05) is 7.05 Å². The van der Waals surface area contributed by atoms with E-state index in [0.717, 1.165) is 5.56 Å². The summed E-state index contributed by atoms with van der Waals surface area (Å²) in [6.45, 7) is 7.90. The van der Waals surface area contributed by atoms with Crippen molar-refractivity contribution >= 4 is 9.84 Å². The van der Waals surface area contributed by atoms with Gasteiger partial charge in [-0.1, -0.05) is 38.1 Å². The summed E-state index contributed by atoms with van der Waals surface area (Å²) in [5, 5.41) is 3.16. The topological polar surface area (TPSA) is 46.2 Å². The molecular weight excluding hydrogens is 270 g/mol. The molecule has 0 saturated heterocycles. The van der Waals surface area contributed by atoms with Gasteiger partial charge in [0.05, 0.1) is 4.75 Å². The maximum absolute atomic E-state index is 11.9. The number of sulfone groups is 1. The molecule has 4 heteroatoms. The van der Waals surface area contributed by atoms with Gasteiger partial charge in [-0.2, -0.15) is 0 Å². The predicted octanol–water partition coefficient (Wildman–Crippen LogP) is 2.76. The van der Waals surface area contributed by atoms with Crippen LogP contribution in [0.25, 0.3) is 0 Å². The molecule has 0 aliphatic heterocycles. The molecule has 114 valence electrons. The summed E-state index contributed by atoms with van der Waals surface area (Å²) in [6.07, 6.45) is 2.01. The van der Waals surface area contributed by atoms with Gasteiger partial charge in [-0.25, -0.2) is 8.42 Å². The van der Waals surface area contributed by atoms with E-state index in [1.54, 1.807) is 13.8 Å². The lowest BCUT2D eigenvalue weighted by Gasteiger charge is -2.32. The minimum atomic E-state index is -3.12. The van der Waals surface area contributed by atoms with Crippen LogP contribution < -0.4 is 5.32 Å².